The Morgan fingerprint density at radius 3 is 3.04 bits per heavy atom. The molecule has 120 valence electrons. The molecule has 23 heavy (non-hydrogen) atoms. The van der Waals surface area contributed by atoms with E-state index in [2.05, 4.69) is 41.1 Å². The quantitative estimate of drug-likeness (QED) is 0.786. The van der Waals surface area contributed by atoms with Gasteiger partial charge in [0.1, 0.15) is 0 Å². The summed E-state index contributed by atoms with van der Waals surface area (Å²) >= 11 is 0. The van der Waals surface area contributed by atoms with E-state index in [0.29, 0.717) is 30.0 Å². The number of nitrogens with zero attached hydrogens (tertiary/aromatic N) is 1. The Bertz CT molecular complexity index is 800. The molecule has 2 aromatic rings. The molecule has 1 aromatic carbocycles. The van der Waals surface area contributed by atoms with Gasteiger partial charge >= 0.3 is 0 Å². The zero-order chi connectivity index (χ0) is 15.3. The molecule has 8 atom stereocenters. The second kappa shape index (κ2) is 4.18. The molecule has 0 saturated carbocycles. The van der Waals surface area contributed by atoms with E-state index in [4.69, 9.17) is 4.74 Å². The van der Waals surface area contributed by atoms with Gasteiger partial charge in [0.05, 0.1) is 12.6 Å². The van der Waals surface area contributed by atoms with Crippen LogP contribution >= 0.6 is 0 Å². The highest BCUT2D eigenvalue weighted by Gasteiger charge is 2.61. The molecule has 6 heterocycles. The van der Waals surface area contributed by atoms with E-state index in [1.54, 1.807) is 0 Å². The number of H-pyrrole nitrogens is 1. The van der Waals surface area contributed by atoms with Crippen LogP contribution in [0.25, 0.3) is 10.9 Å². The van der Waals surface area contributed by atoms with Crippen LogP contribution in [0.4, 0.5) is 0 Å². The number of fused-ring (bicyclic) bond motifs is 3. The maximum absolute atomic E-state index is 10.5. The molecule has 2 N–H and O–H groups in total. The minimum absolute atomic E-state index is 0.281. The van der Waals surface area contributed by atoms with Crippen LogP contribution in [-0.4, -0.2) is 40.0 Å². The average molecular weight is 310 g/mol. The van der Waals surface area contributed by atoms with Gasteiger partial charge in [-0.15, -0.1) is 0 Å². The summed E-state index contributed by atoms with van der Waals surface area (Å²) in [5.74, 6) is 1.47. The van der Waals surface area contributed by atoms with Gasteiger partial charge in [0.25, 0.3) is 0 Å². The summed E-state index contributed by atoms with van der Waals surface area (Å²) in [5.41, 5.74) is 4.18. The fourth-order valence-electron chi connectivity index (χ4n) is 6.30. The number of rotatable bonds is 0. The van der Waals surface area contributed by atoms with Gasteiger partial charge in [-0.3, -0.25) is 4.90 Å². The fourth-order valence-corrected chi connectivity index (χ4v) is 6.30. The molecule has 0 radical (unpaired) electrons. The van der Waals surface area contributed by atoms with Gasteiger partial charge in [0.2, 0.25) is 0 Å². The zero-order valence-electron chi connectivity index (χ0n) is 13.3. The van der Waals surface area contributed by atoms with E-state index in [9.17, 15) is 5.11 Å². The molecule has 5 aliphatic heterocycles. The predicted octanol–water partition coefficient (Wildman–Crippen LogP) is 2.44. The van der Waals surface area contributed by atoms with Crippen molar-refractivity contribution in [3.63, 3.8) is 0 Å². The molecule has 4 heteroatoms. The van der Waals surface area contributed by atoms with E-state index in [0.717, 1.165) is 19.4 Å². The minimum atomic E-state index is -0.580. The Hall–Kier alpha value is -1.36. The second-order valence-corrected chi connectivity index (χ2v) is 7.90. The Labute approximate surface area is 135 Å². The van der Waals surface area contributed by atoms with Crippen LogP contribution in [0, 0.1) is 17.8 Å². The largest absolute Gasteiger partial charge is 0.368 e. The van der Waals surface area contributed by atoms with Gasteiger partial charge in [0, 0.05) is 40.5 Å². The molecule has 5 aliphatic rings. The summed E-state index contributed by atoms with van der Waals surface area (Å²) in [6.07, 6.45) is 1.62. The Morgan fingerprint density at radius 2 is 2.13 bits per heavy atom. The molecule has 7 unspecified atom stereocenters. The topological polar surface area (TPSA) is 48.5 Å². The van der Waals surface area contributed by atoms with Crippen LogP contribution in [0.1, 0.15) is 30.6 Å². The van der Waals surface area contributed by atoms with Crippen molar-refractivity contribution in [3.05, 3.63) is 35.5 Å². The highest BCUT2D eigenvalue weighted by molar-refractivity contribution is 5.85. The number of aromatic amines is 1. The van der Waals surface area contributed by atoms with Crippen LogP contribution < -0.4 is 0 Å². The van der Waals surface area contributed by atoms with Gasteiger partial charge in [0.15, 0.2) is 6.29 Å². The van der Waals surface area contributed by atoms with E-state index in [1.165, 1.54) is 22.2 Å². The maximum atomic E-state index is 10.5. The molecule has 6 bridgehead atoms. The van der Waals surface area contributed by atoms with E-state index in [-0.39, 0.29) is 5.92 Å². The number of hydrogen-bond acceptors (Lipinski definition) is 3. The summed E-state index contributed by atoms with van der Waals surface area (Å²) in [6, 6.07) is 10.1. The number of benzene rings is 1. The highest BCUT2D eigenvalue weighted by atomic mass is 16.6. The first kappa shape index (κ1) is 13.0. The lowest BCUT2D eigenvalue weighted by Gasteiger charge is -2.65. The molecule has 0 amide bonds. The summed E-state index contributed by atoms with van der Waals surface area (Å²) in [5, 5.41) is 11.9. The number of nitrogens with one attached hydrogen (secondary N) is 1. The first-order chi connectivity index (χ1) is 11.2. The fraction of sp³-hybridized carbons (Fsp3) is 0.579. The number of aliphatic hydroxyl groups is 1. The van der Waals surface area contributed by atoms with E-state index in [1.807, 2.05) is 0 Å². The first-order valence-electron chi connectivity index (χ1n) is 8.90. The number of para-hydroxylation sites is 1. The van der Waals surface area contributed by atoms with Crippen LogP contribution in [0.15, 0.2) is 24.3 Å². The van der Waals surface area contributed by atoms with Crippen molar-refractivity contribution >= 4 is 10.9 Å². The molecular formula is C19H22N2O2. The van der Waals surface area contributed by atoms with Crippen molar-refractivity contribution in [1.82, 2.24) is 9.88 Å². The van der Waals surface area contributed by atoms with Gasteiger partial charge in [-0.25, -0.2) is 0 Å². The average Bonchev–Trinajstić information content (AvgIpc) is 2.93. The highest BCUT2D eigenvalue weighted by Crippen LogP contribution is 2.58. The minimum Gasteiger partial charge on any atom is -0.368 e. The van der Waals surface area contributed by atoms with Gasteiger partial charge in [-0.05, 0) is 37.3 Å². The lowest BCUT2D eigenvalue weighted by molar-refractivity contribution is -0.280. The molecule has 0 spiro atoms. The van der Waals surface area contributed by atoms with Gasteiger partial charge < -0.3 is 14.8 Å². The third-order valence-electron chi connectivity index (χ3n) is 7.20. The predicted molar refractivity (Wildman–Crippen MR) is 86.9 cm³/mol. The Balaban J connectivity index is 1.56. The van der Waals surface area contributed by atoms with Crippen molar-refractivity contribution in [1.29, 1.82) is 0 Å². The number of aliphatic hydroxyl groups excluding tert-OH is 1. The van der Waals surface area contributed by atoms with E-state index >= 15 is 0 Å². The summed E-state index contributed by atoms with van der Waals surface area (Å²) in [4.78, 5) is 6.43. The third-order valence-corrected chi connectivity index (χ3v) is 7.20. The smallest absolute Gasteiger partial charge is 0.159 e. The number of hydrogen-bond donors (Lipinski definition) is 2. The summed E-state index contributed by atoms with van der Waals surface area (Å²) in [6.45, 7) is 3.08. The van der Waals surface area contributed by atoms with Crippen molar-refractivity contribution in [3.8, 4) is 0 Å². The summed E-state index contributed by atoms with van der Waals surface area (Å²) < 4.78 is 5.74. The lowest BCUT2D eigenvalue weighted by Crippen LogP contribution is -2.71. The zero-order valence-corrected chi connectivity index (χ0v) is 13.3. The maximum Gasteiger partial charge on any atom is 0.159 e. The monoisotopic (exact) mass is 310 g/mol. The molecule has 4 nitrogen and oxygen atoms in total. The first-order valence-corrected chi connectivity index (χ1v) is 8.90. The van der Waals surface area contributed by atoms with Gasteiger partial charge in [-0.1, -0.05) is 18.2 Å². The van der Waals surface area contributed by atoms with Crippen molar-refractivity contribution in [2.75, 3.05) is 6.61 Å². The molecule has 1 aromatic heterocycles. The number of ether oxygens (including phenoxy) is 1. The van der Waals surface area contributed by atoms with Crippen LogP contribution in [-0.2, 0) is 11.2 Å². The Morgan fingerprint density at radius 1 is 1.26 bits per heavy atom. The molecule has 4 saturated heterocycles. The molecular weight excluding hydrogens is 288 g/mol. The molecule has 7 rings (SSSR count). The third kappa shape index (κ3) is 1.44. The standard InChI is InChI=1S/C19H22N2O2/c1-9-13-8-23-19(22)17-11(13)6-16-18-12(7-15(17)21(9)16)10-4-2-3-5-14(10)20-18/h2-5,9,11,13,15-17,19-20,22H,6-8H2,1H3/t9?,11?,13?,15?,16?,17-,19?/m0/s1. The molecule has 4 fully saturated rings. The number of aromatic nitrogens is 1. The van der Waals surface area contributed by atoms with E-state index < -0.39 is 6.29 Å². The van der Waals surface area contributed by atoms with Gasteiger partial charge in [-0.2, -0.15) is 0 Å². The lowest BCUT2D eigenvalue weighted by atomic mass is 9.58. The van der Waals surface area contributed by atoms with Crippen molar-refractivity contribution in [2.45, 2.75) is 44.2 Å². The second-order valence-electron chi connectivity index (χ2n) is 7.90. The molecule has 0 aliphatic carbocycles. The normalized spacial score (nSPS) is 46.9. The summed E-state index contributed by atoms with van der Waals surface area (Å²) in [7, 11) is 0. The van der Waals surface area contributed by atoms with Crippen molar-refractivity contribution in [2.24, 2.45) is 17.8 Å². The van der Waals surface area contributed by atoms with Crippen molar-refractivity contribution < 1.29 is 9.84 Å². The number of piperidine rings is 3. The Kier molecular flexibility index (Phi) is 2.36. The SMILES string of the molecule is CC1C2COC(O)[C@H]3C2CC2c4[nH]c5ccccc5c4CC3N21. The van der Waals surface area contributed by atoms with Crippen LogP contribution in [0.3, 0.4) is 0 Å². The van der Waals surface area contributed by atoms with Crippen LogP contribution in [0.2, 0.25) is 0 Å². The van der Waals surface area contributed by atoms with Crippen LogP contribution in [0.5, 0.6) is 0 Å².